The van der Waals surface area contributed by atoms with Crippen LogP contribution in [0.3, 0.4) is 0 Å². The molecule has 1 N–H and O–H groups in total. The first kappa shape index (κ1) is 10.9. The lowest BCUT2D eigenvalue weighted by Crippen LogP contribution is -2.30. The van der Waals surface area contributed by atoms with Crippen molar-refractivity contribution in [2.24, 2.45) is 5.41 Å². The van der Waals surface area contributed by atoms with Crippen LogP contribution in [0.25, 0.3) is 0 Å². The Bertz CT molecular complexity index is 415. The summed E-state index contributed by atoms with van der Waals surface area (Å²) < 4.78 is 0. The third-order valence-corrected chi connectivity index (χ3v) is 2.95. The number of carbonyl (C=O) groups excluding carboxylic acids is 1. The van der Waals surface area contributed by atoms with Gasteiger partial charge < -0.3 is 10.0 Å². The highest BCUT2D eigenvalue weighted by molar-refractivity contribution is 5.94. The molecule has 1 aromatic heterocycles. The first-order valence-corrected chi connectivity index (χ1v) is 5.43. The van der Waals surface area contributed by atoms with Gasteiger partial charge in [-0.1, -0.05) is 13.8 Å². The predicted octanol–water partition coefficient (Wildman–Crippen LogP) is 1.66. The maximum Gasteiger partial charge on any atom is 0.276 e. The fourth-order valence-corrected chi connectivity index (χ4v) is 2.00. The lowest BCUT2D eigenvalue weighted by Gasteiger charge is -2.19. The van der Waals surface area contributed by atoms with Crippen LogP contribution in [-0.2, 0) is 0 Å². The van der Waals surface area contributed by atoms with Crippen LogP contribution in [0.1, 0.15) is 30.8 Å². The molecule has 4 nitrogen and oxygen atoms in total. The molecule has 0 unspecified atom stereocenters. The van der Waals surface area contributed by atoms with E-state index in [2.05, 4.69) is 18.8 Å². The van der Waals surface area contributed by atoms with Gasteiger partial charge in [0.05, 0.1) is 0 Å². The smallest absolute Gasteiger partial charge is 0.276 e. The summed E-state index contributed by atoms with van der Waals surface area (Å²) in [5, 5.41) is 9.56. The van der Waals surface area contributed by atoms with Crippen molar-refractivity contribution in [3.63, 3.8) is 0 Å². The average molecular weight is 220 g/mol. The van der Waals surface area contributed by atoms with Crippen LogP contribution in [0.5, 0.6) is 5.75 Å². The standard InChI is InChI=1S/C12H16N2O2/c1-12(2)5-7-14(8-12)11(16)10-9(15)4-3-6-13-10/h3-4,6,15H,5,7-8H2,1-2H3. The zero-order chi connectivity index (χ0) is 11.8. The molecule has 16 heavy (non-hydrogen) atoms. The normalized spacial score (nSPS) is 18.8. The molecule has 1 fully saturated rings. The number of rotatable bonds is 1. The maximum atomic E-state index is 12.1. The molecule has 1 aliphatic heterocycles. The number of hydrogen-bond donors (Lipinski definition) is 1. The van der Waals surface area contributed by atoms with Crippen LogP contribution < -0.4 is 0 Å². The van der Waals surface area contributed by atoms with Gasteiger partial charge in [0.25, 0.3) is 5.91 Å². The summed E-state index contributed by atoms with van der Waals surface area (Å²) in [6.07, 6.45) is 2.51. The zero-order valence-electron chi connectivity index (χ0n) is 9.60. The Kier molecular flexibility index (Phi) is 2.58. The molecule has 0 spiro atoms. The van der Waals surface area contributed by atoms with E-state index in [1.807, 2.05) is 0 Å². The predicted molar refractivity (Wildman–Crippen MR) is 60.2 cm³/mol. The van der Waals surface area contributed by atoms with Gasteiger partial charge in [0.15, 0.2) is 5.69 Å². The Labute approximate surface area is 94.9 Å². The number of carbonyl (C=O) groups is 1. The molecule has 1 saturated heterocycles. The Morgan fingerprint density at radius 1 is 1.56 bits per heavy atom. The van der Waals surface area contributed by atoms with Gasteiger partial charge in [0.2, 0.25) is 0 Å². The fourth-order valence-electron chi connectivity index (χ4n) is 2.00. The van der Waals surface area contributed by atoms with Gasteiger partial charge in [-0.15, -0.1) is 0 Å². The van der Waals surface area contributed by atoms with E-state index in [1.54, 1.807) is 11.0 Å². The Morgan fingerprint density at radius 2 is 2.31 bits per heavy atom. The number of hydrogen-bond acceptors (Lipinski definition) is 3. The second-order valence-corrected chi connectivity index (χ2v) is 5.01. The Balaban J connectivity index is 2.18. The molecule has 0 aromatic carbocycles. The highest BCUT2D eigenvalue weighted by Crippen LogP contribution is 2.30. The summed E-state index contributed by atoms with van der Waals surface area (Å²) in [4.78, 5) is 17.7. The first-order chi connectivity index (χ1) is 7.49. The Hall–Kier alpha value is -1.58. The number of aromatic nitrogens is 1. The van der Waals surface area contributed by atoms with E-state index in [0.29, 0.717) is 0 Å². The van der Waals surface area contributed by atoms with Gasteiger partial charge in [0.1, 0.15) is 5.75 Å². The minimum absolute atomic E-state index is 0.0443. The molecule has 2 rings (SSSR count). The first-order valence-electron chi connectivity index (χ1n) is 5.43. The van der Waals surface area contributed by atoms with Crippen molar-refractivity contribution in [2.75, 3.05) is 13.1 Å². The van der Waals surface area contributed by atoms with Crippen LogP contribution in [0.4, 0.5) is 0 Å². The van der Waals surface area contributed by atoms with Gasteiger partial charge in [-0.05, 0) is 24.0 Å². The molecule has 0 saturated carbocycles. The summed E-state index contributed by atoms with van der Waals surface area (Å²) in [5.74, 6) is -0.221. The van der Waals surface area contributed by atoms with Crippen LogP contribution in [-0.4, -0.2) is 34.0 Å². The van der Waals surface area contributed by atoms with Crippen LogP contribution in [0.15, 0.2) is 18.3 Å². The van der Waals surface area contributed by atoms with Crippen molar-refractivity contribution < 1.29 is 9.90 Å². The van der Waals surface area contributed by atoms with E-state index in [1.165, 1.54) is 12.3 Å². The quantitative estimate of drug-likeness (QED) is 0.783. The van der Waals surface area contributed by atoms with Crippen LogP contribution in [0.2, 0.25) is 0 Å². The molecule has 1 amide bonds. The third-order valence-electron chi connectivity index (χ3n) is 2.95. The van der Waals surface area contributed by atoms with Crippen LogP contribution >= 0.6 is 0 Å². The lowest BCUT2D eigenvalue weighted by molar-refractivity contribution is 0.0769. The minimum atomic E-state index is -0.177. The molecule has 0 atom stereocenters. The molecular weight excluding hydrogens is 204 g/mol. The van der Waals surface area contributed by atoms with Gasteiger partial charge in [-0.2, -0.15) is 0 Å². The molecule has 0 radical (unpaired) electrons. The van der Waals surface area contributed by atoms with Crippen molar-refractivity contribution in [1.29, 1.82) is 0 Å². The van der Waals surface area contributed by atoms with Crippen molar-refractivity contribution in [3.05, 3.63) is 24.0 Å². The van der Waals surface area contributed by atoms with Crippen molar-refractivity contribution in [3.8, 4) is 5.75 Å². The molecule has 0 bridgehead atoms. The summed E-state index contributed by atoms with van der Waals surface area (Å²) in [5.41, 5.74) is 0.320. The average Bonchev–Trinajstić information content (AvgIpc) is 2.59. The fraction of sp³-hybridized carbons (Fsp3) is 0.500. The molecule has 1 aromatic rings. The van der Waals surface area contributed by atoms with E-state index in [0.717, 1.165) is 19.5 Å². The molecule has 1 aliphatic rings. The molecular formula is C12H16N2O2. The van der Waals surface area contributed by atoms with E-state index in [-0.39, 0.29) is 22.8 Å². The van der Waals surface area contributed by atoms with Crippen LogP contribution in [0, 0.1) is 5.41 Å². The van der Waals surface area contributed by atoms with E-state index >= 15 is 0 Å². The van der Waals surface area contributed by atoms with Crippen molar-refractivity contribution >= 4 is 5.91 Å². The maximum absolute atomic E-state index is 12.1. The second kappa shape index (κ2) is 3.77. The van der Waals surface area contributed by atoms with E-state index in [9.17, 15) is 9.90 Å². The highest BCUT2D eigenvalue weighted by atomic mass is 16.3. The summed E-state index contributed by atoms with van der Waals surface area (Å²) in [6.45, 7) is 5.74. The molecule has 0 aliphatic carbocycles. The monoisotopic (exact) mass is 220 g/mol. The van der Waals surface area contributed by atoms with Crippen molar-refractivity contribution in [1.82, 2.24) is 9.88 Å². The number of likely N-dealkylation sites (tertiary alicyclic amines) is 1. The summed E-state index contributed by atoms with van der Waals surface area (Å²) in [7, 11) is 0. The molecule has 86 valence electrons. The number of amides is 1. The molecule has 2 heterocycles. The van der Waals surface area contributed by atoms with Crippen molar-refractivity contribution in [2.45, 2.75) is 20.3 Å². The number of nitrogens with zero attached hydrogens (tertiary/aromatic N) is 2. The summed E-state index contributed by atoms with van der Waals surface area (Å²) >= 11 is 0. The highest BCUT2D eigenvalue weighted by Gasteiger charge is 2.33. The van der Waals surface area contributed by atoms with Gasteiger partial charge in [0, 0.05) is 19.3 Å². The third kappa shape index (κ3) is 2.01. The Morgan fingerprint density at radius 3 is 2.88 bits per heavy atom. The minimum Gasteiger partial charge on any atom is -0.505 e. The number of pyridine rings is 1. The lowest BCUT2D eigenvalue weighted by atomic mass is 9.93. The SMILES string of the molecule is CC1(C)CCN(C(=O)c2ncccc2O)C1. The van der Waals surface area contributed by atoms with Gasteiger partial charge in [-0.25, -0.2) is 4.98 Å². The van der Waals surface area contributed by atoms with E-state index < -0.39 is 0 Å². The second-order valence-electron chi connectivity index (χ2n) is 5.01. The molecule has 4 heteroatoms. The largest absolute Gasteiger partial charge is 0.505 e. The topological polar surface area (TPSA) is 53.4 Å². The summed E-state index contributed by atoms with van der Waals surface area (Å²) in [6, 6.07) is 3.10. The van der Waals surface area contributed by atoms with Gasteiger partial charge in [-0.3, -0.25) is 4.79 Å². The zero-order valence-corrected chi connectivity index (χ0v) is 9.60. The van der Waals surface area contributed by atoms with Gasteiger partial charge >= 0.3 is 0 Å². The van der Waals surface area contributed by atoms with E-state index in [4.69, 9.17) is 0 Å². The number of aromatic hydroxyl groups is 1.